The summed E-state index contributed by atoms with van der Waals surface area (Å²) in [5.41, 5.74) is 0.464. The molecule has 0 N–H and O–H groups in total. The third kappa shape index (κ3) is 3.52. The topological polar surface area (TPSA) is 49.3 Å². The van der Waals surface area contributed by atoms with E-state index in [1.807, 2.05) is 17.0 Å². The van der Waals surface area contributed by atoms with Gasteiger partial charge in [-0.05, 0) is 51.7 Å². The Bertz CT molecular complexity index is 456. The molecule has 1 amide bonds. The fraction of sp³-hybridized carbons (Fsp3) is 0.688. The number of likely N-dealkylation sites (tertiary alicyclic amines) is 1. The van der Waals surface area contributed by atoms with Gasteiger partial charge in [0.15, 0.2) is 11.5 Å². The summed E-state index contributed by atoms with van der Waals surface area (Å²) in [6.45, 7) is 8.95. The normalized spacial score (nSPS) is 18.6. The molecule has 21 heavy (non-hydrogen) atoms. The van der Waals surface area contributed by atoms with Gasteiger partial charge in [-0.1, -0.05) is 6.92 Å². The highest BCUT2D eigenvalue weighted by molar-refractivity contribution is 5.92. The van der Waals surface area contributed by atoms with Crippen molar-refractivity contribution < 1.29 is 4.79 Å². The molecular weight excluding hydrogens is 264 g/mol. The Morgan fingerprint density at radius 3 is 2.57 bits per heavy atom. The summed E-state index contributed by atoms with van der Waals surface area (Å²) in [5.74, 6) is 0.863. The number of rotatable bonds is 5. The maximum absolute atomic E-state index is 12.6. The van der Waals surface area contributed by atoms with Crippen LogP contribution < -0.4 is 4.90 Å². The first-order valence-electron chi connectivity index (χ1n) is 8.10. The van der Waals surface area contributed by atoms with Gasteiger partial charge in [-0.3, -0.25) is 4.79 Å². The molecule has 1 saturated heterocycles. The molecule has 5 nitrogen and oxygen atoms in total. The minimum atomic E-state index is 0.0279. The molecule has 0 saturated carbocycles. The third-order valence-electron chi connectivity index (χ3n) is 4.32. The Labute approximate surface area is 127 Å². The lowest BCUT2D eigenvalue weighted by molar-refractivity contribution is 0.0601. The van der Waals surface area contributed by atoms with Crippen LogP contribution in [0.2, 0.25) is 0 Å². The summed E-state index contributed by atoms with van der Waals surface area (Å²) >= 11 is 0. The van der Waals surface area contributed by atoms with Crippen LogP contribution in [0.3, 0.4) is 0 Å². The molecule has 1 aliphatic rings. The van der Waals surface area contributed by atoms with Crippen molar-refractivity contribution in [2.45, 2.75) is 52.5 Å². The van der Waals surface area contributed by atoms with Gasteiger partial charge in [0.2, 0.25) is 0 Å². The van der Waals surface area contributed by atoms with Gasteiger partial charge in [-0.25, -0.2) is 0 Å². The first kappa shape index (κ1) is 15.7. The van der Waals surface area contributed by atoms with Crippen LogP contribution in [-0.2, 0) is 0 Å². The van der Waals surface area contributed by atoms with E-state index >= 15 is 0 Å². The lowest BCUT2D eigenvalue weighted by atomic mass is 9.99. The van der Waals surface area contributed by atoms with Gasteiger partial charge in [0.25, 0.3) is 5.91 Å². The van der Waals surface area contributed by atoms with Crippen molar-refractivity contribution in [3.63, 3.8) is 0 Å². The highest BCUT2D eigenvalue weighted by Gasteiger charge is 2.27. The molecule has 2 rings (SSSR count). The first-order chi connectivity index (χ1) is 10.2. The molecule has 2 heterocycles. The highest BCUT2D eigenvalue weighted by atomic mass is 16.2. The third-order valence-corrected chi connectivity index (χ3v) is 4.32. The fourth-order valence-corrected chi connectivity index (χ4v) is 3.00. The molecule has 1 atom stereocenters. The zero-order valence-electron chi connectivity index (χ0n) is 13.4. The molecule has 5 heteroatoms. The molecular formula is C16H26N4O. The van der Waals surface area contributed by atoms with Crippen molar-refractivity contribution in [1.82, 2.24) is 15.1 Å². The van der Waals surface area contributed by atoms with Crippen molar-refractivity contribution >= 4 is 11.7 Å². The molecule has 0 aromatic carbocycles. The van der Waals surface area contributed by atoms with E-state index in [0.717, 1.165) is 44.7 Å². The van der Waals surface area contributed by atoms with E-state index in [-0.39, 0.29) is 5.91 Å². The molecule has 0 radical (unpaired) electrons. The van der Waals surface area contributed by atoms with Crippen LogP contribution in [0.1, 0.15) is 56.9 Å². The number of aromatic nitrogens is 2. The standard InChI is InChI=1S/C16H26N4O/c1-4-13-9-7-8-12-20(13)16(21)14-10-11-15(18-17-14)19(5-2)6-3/h10-11,13H,4-9,12H2,1-3H3. The van der Waals surface area contributed by atoms with E-state index in [1.165, 1.54) is 6.42 Å². The van der Waals surface area contributed by atoms with Crippen LogP contribution in [0.15, 0.2) is 12.1 Å². The second-order valence-corrected chi connectivity index (χ2v) is 5.51. The van der Waals surface area contributed by atoms with Crippen LogP contribution in [0.4, 0.5) is 5.82 Å². The van der Waals surface area contributed by atoms with Crippen molar-refractivity contribution in [3.05, 3.63) is 17.8 Å². The molecule has 1 aromatic heterocycles. The largest absolute Gasteiger partial charge is 0.356 e. The summed E-state index contributed by atoms with van der Waals surface area (Å²) in [4.78, 5) is 16.7. The molecule has 0 spiro atoms. The number of amides is 1. The van der Waals surface area contributed by atoms with Gasteiger partial charge in [-0.15, -0.1) is 10.2 Å². The van der Waals surface area contributed by atoms with Crippen LogP contribution >= 0.6 is 0 Å². The van der Waals surface area contributed by atoms with Crippen LogP contribution in [0.25, 0.3) is 0 Å². The summed E-state index contributed by atoms with van der Waals surface area (Å²) < 4.78 is 0. The average molecular weight is 290 g/mol. The maximum atomic E-state index is 12.6. The van der Waals surface area contributed by atoms with E-state index in [9.17, 15) is 4.79 Å². The Balaban J connectivity index is 2.12. The number of hydrogen-bond donors (Lipinski definition) is 0. The SMILES string of the molecule is CCC1CCCCN1C(=O)c1ccc(N(CC)CC)nn1. The van der Waals surface area contributed by atoms with E-state index in [2.05, 4.69) is 35.9 Å². The Morgan fingerprint density at radius 1 is 1.24 bits per heavy atom. The smallest absolute Gasteiger partial charge is 0.274 e. The Hall–Kier alpha value is -1.65. The van der Waals surface area contributed by atoms with Crippen molar-refractivity contribution in [2.24, 2.45) is 0 Å². The number of hydrogen-bond acceptors (Lipinski definition) is 4. The maximum Gasteiger partial charge on any atom is 0.274 e. The number of nitrogens with zero attached hydrogens (tertiary/aromatic N) is 4. The monoisotopic (exact) mass is 290 g/mol. The Morgan fingerprint density at radius 2 is 2.00 bits per heavy atom. The zero-order chi connectivity index (χ0) is 15.2. The second kappa shape index (κ2) is 7.38. The molecule has 1 aliphatic heterocycles. The quantitative estimate of drug-likeness (QED) is 0.836. The van der Waals surface area contributed by atoms with Gasteiger partial charge in [0.05, 0.1) is 0 Å². The van der Waals surface area contributed by atoms with E-state index in [4.69, 9.17) is 0 Å². The number of carbonyl (C=O) groups is 1. The molecule has 0 aliphatic carbocycles. The first-order valence-corrected chi connectivity index (χ1v) is 8.10. The van der Waals surface area contributed by atoms with Gasteiger partial charge in [0.1, 0.15) is 0 Å². The summed E-state index contributed by atoms with van der Waals surface area (Å²) in [6.07, 6.45) is 4.42. The average Bonchev–Trinajstić information content (AvgIpc) is 2.56. The summed E-state index contributed by atoms with van der Waals surface area (Å²) in [5, 5.41) is 8.37. The Kier molecular flexibility index (Phi) is 5.53. The second-order valence-electron chi connectivity index (χ2n) is 5.51. The molecule has 1 unspecified atom stereocenters. The lowest BCUT2D eigenvalue weighted by Crippen LogP contribution is -2.43. The van der Waals surface area contributed by atoms with E-state index < -0.39 is 0 Å². The summed E-state index contributed by atoms with van der Waals surface area (Å²) in [7, 11) is 0. The molecule has 1 fully saturated rings. The highest BCUT2D eigenvalue weighted by Crippen LogP contribution is 2.21. The minimum Gasteiger partial charge on any atom is -0.356 e. The van der Waals surface area contributed by atoms with Crippen molar-refractivity contribution in [3.8, 4) is 0 Å². The van der Waals surface area contributed by atoms with Gasteiger partial charge < -0.3 is 9.80 Å². The van der Waals surface area contributed by atoms with Gasteiger partial charge in [0, 0.05) is 25.7 Å². The van der Waals surface area contributed by atoms with E-state index in [1.54, 1.807) is 0 Å². The number of carbonyl (C=O) groups excluding carboxylic acids is 1. The van der Waals surface area contributed by atoms with Gasteiger partial charge >= 0.3 is 0 Å². The number of anilines is 1. The van der Waals surface area contributed by atoms with Gasteiger partial charge in [-0.2, -0.15) is 0 Å². The molecule has 1 aromatic rings. The fourth-order valence-electron chi connectivity index (χ4n) is 3.00. The zero-order valence-corrected chi connectivity index (χ0v) is 13.4. The van der Waals surface area contributed by atoms with Crippen molar-refractivity contribution in [1.29, 1.82) is 0 Å². The lowest BCUT2D eigenvalue weighted by Gasteiger charge is -2.35. The minimum absolute atomic E-state index is 0.0279. The van der Waals surface area contributed by atoms with E-state index in [0.29, 0.717) is 11.7 Å². The van der Waals surface area contributed by atoms with Crippen LogP contribution in [0.5, 0.6) is 0 Å². The van der Waals surface area contributed by atoms with Crippen molar-refractivity contribution in [2.75, 3.05) is 24.5 Å². The van der Waals surface area contributed by atoms with Crippen LogP contribution in [0, 0.1) is 0 Å². The molecule has 116 valence electrons. The number of piperidine rings is 1. The van der Waals surface area contributed by atoms with Crippen LogP contribution in [-0.4, -0.2) is 46.7 Å². The predicted molar refractivity (Wildman–Crippen MR) is 84.6 cm³/mol. The molecule has 0 bridgehead atoms. The summed E-state index contributed by atoms with van der Waals surface area (Å²) in [6, 6.07) is 4.07. The predicted octanol–water partition coefficient (Wildman–Crippen LogP) is 2.73.